The van der Waals surface area contributed by atoms with Crippen molar-refractivity contribution >= 4 is 35.1 Å². The molecule has 0 bridgehead atoms. The first kappa shape index (κ1) is 34.0. The van der Waals surface area contributed by atoms with E-state index in [-0.39, 0.29) is 41.4 Å². The van der Waals surface area contributed by atoms with Gasteiger partial charge in [-0.15, -0.1) is 0 Å². The fraction of sp³-hybridized carbons (Fsp3) is 0.345. The third-order valence-electron chi connectivity index (χ3n) is 7.38. The summed E-state index contributed by atoms with van der Waals surface area (Å²) in [5, 5.41) is 10.9. The number of carboxylic acids is 1. The maximum Gasteiger partial charge on any atom is 0.490 e. The second kappa shape index (κ2) is 13.2. The Hall–Kier alpha value is -4.93. The van der Waals surface area contributed by atoms with Crippen LogP contribution in [0.4, 0.5) is 37.7 Å². The molecule has 5 rings (SSSR count). The van der Waals surface area contributed by atoms with E-state index in [1.807, 2.05) is 0 Å². The number of carbonyl (C=O) groups excluding carboxylic acids is 3. The van der Waals surface area contributed by atoms with Gasteiger partial charge < -0.3 is 20.6 Å². The van der Waals surface area contributed by atoms with Gasteiger partial charge in [0, 0.05) is 36.1 Å². The number of aromatic nitrogens is 2. The van der Waals surface area contributed by atoms with Gasteiger partial charge in [-0.2, -0.15) is 31.4 Å². The third-order valence-corrected chi connectivity index (χ3v) is 7.38. The zero-order valence-electron chi connectivity index (χ0n) is 24.2. The van der Waals surface area contributed by atoms with E-state index in [1.54, 1.807) is 36.2 Å². The molecule has 1 fully saturated rings. The quantitative estimate of drug-likeness (QED) is 0.385. The van der Waals surface area contributed by atoms with Crippen LogP contribution in [0.2, 0.25) is 0 Å². The number of hydrogen-bond donors (Lipinski definition) is 2. The number of fused-ring (bicyclic) bond motifs is 1. The number of aliphatic carboxylic acids is 1. The molecule has 2 aliphatic rings. The molecule has 3 N–H and O–H groups in total. The largest absolute Gasteiger partial charge is 0.490 e. The fourth-order valence-corrected chi connectivity index (χ4v) is 5.05. The van der Waals surface area contributed by atoms with Gasteiger partial charge in [-0.1, -0.05) is 6.07 Å². The Morgan fingerprint density at radius 2 is 1.57 bits per heavy atom. The van der Waals surface area contributed by atoms with Gasteiger partial charge in [-0.25, -0.2) is 9.48 Å². The highest BCUT2D eigenvalue weighted by atomic mass is 19.4. The standard InChI is InChI=1S/C27H27F3N6O3.C2HF3O2/c1-33(22(37)16-34-12-2-3-13-34)18-7-9-19(10-8-18)35-14-11-21-23(26(35)39)36(32-24(21)27(28,29)30)20-6-4-5-17(15-20)25(31)38;3-2(4,5)1(6)7/h4-10,15H,2-3,11-14,16H2,1H3,(H2,31,38);(H,6,7). The molecule has 0 saturated carbocycles. The lowest BCUT2D eigenvalue weighted by molar-refractivity contribution is -0.192. The number of nitrogens with zero attached hydrogens (tertiary/aromatic N) is 5. The monoisotopic (exact) mass is 654 g/mol. The molecule has 1 aromatic heterocycles. The van der Waals surface area contributed by atoms with E-state index >= 15 is 0 Å². The van der Waals surface area contributed by atoms with E-state index < -0.39 is 35.8 Å². The third kappa shape index (κ3) is 7.47. The van der Waals surface area contributed by atoms with Gasteiger partial charge in [0.1, 0.15) is 5.69 Å². The number of likely N-dealkylation sites (tertiary alicyclic amines) is 1. The molecule has 0 aliphatic carbocycles. The number of anilines is 2. The lowest BCUT2D eigenvalue weighted by Gasteiger charge is -2.28. The SMILES string of the molecule is CN(C(=O)CN1CCCC1)c1ccc(N2CCc3c(C(F)(F)F)nn(-c4cccc(C(N)=O)c4)c3C2=O)cc1.O=C(O)C(F)(F)F. The van der Waals surface area contributed by atoms with E-state index in [4.69, 9.17) is 15.6 Å². The molecule has 0 unspecified atom stereocenters. The minimum atomic E-state index is -5.08. The highest BCUT2D eigenvalue weighted by Crippen LogP contribution is 2.37. The van der Waals surface area contributed by atoms with Gasteiger partial charge in [-0.3, -0.25) is 19.3 Å². The Morgan fingerprint density at radius 1 is 0.957 bits per heavy atom. The van der Waals surface area contributed by atoms with Crippen molar-refractivity contribution in [2.75, 3.05) is 43.0 Å². The van der Waals surface area contributed by atoms with Crippen LogP contribution in [-0.4, -0.2) is 82.9 Å². The number of alkyl halides is 6. The van der Waals surface area contributed by atoms with Crippen LogP contribution in [0.3, 0.4) is 0 Å². The smallest absolute Gasteiger partial charge is 0.475 e. The average Bonchev–Trinajstić information content (AvgIpc) is 3.65. The van der Waals surface area contributed by atoms with Crippen LogP contribution in [0, 0.1) is 0 Å². The first-order valence-electron chi connectivity index (χ1n) is 13.8. The molecule has 11 nitrogen and oxygen atoms in total. The van der Waals surface area contributed by atoms with Crippen molar-refractivity contribution in [3.63, 3.8) is 0 Å². The maximum absolute atomic E-state index is 13.9. The number of hydrogen-bond acceptors (Lipinski definition) is 6. The summed E-state index contributed by atoms with van der Waals surface area (Å²) in [6.07, 6.45) is -7.76. The van der Waals surface area contributed by atoms with Gasteiger partial charge in [0.15, 0.2) is 5.69 Å². The van der Waals surface area contributed by atoms with Crippen molar-refractivity contribution in [3.05, 3.63) is 71.0 Å². The summed E-state index contributed by atoms with van der Waals surface area (Å²) in [5.74, 6) is -4.22. The zero-order chi connectivity index (χ0) is 34.0. The Balaban J connectivity index is 0.000000617. The second-order valence-electron chi connectivity index (χ2n) is 10.5. The molecule has 3 aromatic rings. The maximum atomic E-state index is 13.9. The van der Waals surface area contributed by atoms with Crippen molar-refractivity contribution in [2.45, 2.75) is 31.6 Å². The summed E-state index contributed by atoms with van der Waals surface area (Å²) in [4.78, 5) is 51.9. The van der Waals surface area contributed by atoms with Crippen molar-refractivity contribution in [2.24, 2.45) is 5.73 Å². The zero-order valence-corrected chi connectivity index (χ0v) is 24.2. The molecular weight excluding hydrogens is 626 g/mol. The lowest BCUT2D eigenvalue weighted by Crippen LogP contribution is -2.39. The number of halogens is 6. The summed E-state index contributed by atoms with van der Waals surface area (Å²) < 4.78 is 74.3. The number of rotatable bonds is 6. The van der Waals surface area contributed by atoms with E-state index in [0.717, 1.165) is 30.6 Å². The van der Waals surface area contributed by atoms with E-state index in [2.05, 4.69) is 10.00 Å². The van der Waals surface area contributed by atoms with Gasteiger partial charge in [-0.05, 0) is 74.8 Å². The first-order valence-corrected chi connectivity index (χ1v) is 13.8. The van der Waals surface area contributed by atoms with Crippen LogP contribution in [0.25, 0.3) is 5.69 Å². The van der Waals surface area contributed by atoms with Gasteiger partial charge in [0.05, 0.1) is 12.2 Å². The Bertz CT molecular complexity index is 1630. The van der Waals surface area contributed by atoms with Crippen LogP contribution >= 0.6 is 0 Å². The number of benzene rings is 2. The van der Waals surface area contributed by atoms with Crippen molar-refractivity contribution in [3.8, 4) is 5.69 Å². The molecule has 2 aliphatic heterocycles. The van der Waals surface area contributed by atoms with Crippen LogP contribution in [0.1, 0.15) is 44.9 Å². The molecule has 3 amide bonds. The summed E-state index contributed by atoms with van der Waals surface area (Å²) in [7, 11) is 1.68. The topological polar surface area (TPSA) is 142 Å². The number of amides is 3. The predicted molar refractivity (Wildman–Crippen MR) is 152 cm³/mol. The number of primary amides is 1. The van der Waals surface area contributed by atoms with Crippen molar-refractivity contribution in [1.82, 2.24) is 14.7 Å². The molecule has 17 heteroatoms. The minimum Gasteiger partial charge on any atom is -0.475 e. The molecule has 246 valence electrons. The van der Waals surface area contributed by atoms with Crippen molar-refractivity contribution < 1.29 is 50.6 Å². The molecule has 46 heavy (non-hydrogen) atoms. The number of carbonyl (C=O) groups is 4. The Morgan fingerprint density at radius 3 is 2.11 bits per heavy atom. The average molecular weight is 655 g/mol. The summed E-state index contributed by atoms with van der Waals surface area (Å²) in [5.41, 5.74) is 5.08. The fourth-order valence-electron chi connectivity index (χ4n) is 5.05. The highest BCUT2D eigenvalue weighted by Gasteiger charge is 2.43. The van der Waals surface area contributed by atoms with Gasteiger partial charge in [0.25, 0.3) is 5.91 Å². The van der Waals surface area contributed by atoms with E-state index in [9.17, 15) is 40.7 Å². The number of nitrogens with two attached hydrogens (primary N) is 1. The van der Waals surface area contributed by atoms with Crippen LogP contribution in [0.15, 0.2) is 48.5 Å². The highest BCUT2D eigenvalue weighted by molar-refractivity contribution is 6.08. The number of likely N-dealkylation sites (N-methyl/N-ethyl adjacent to an activating group) is 1. The summed E-state index contributed by atoms with van der Waals surface area (Å²) >= 11 is 0. The molecule has 3 heterocycles. The molecule has 1 saturated heterocycles. The molecule has 0 atom stereocenters. The van der Waals surface area contributed by atoms with Crippen LogP contribution in [0.5, 0.6) is 0 Å². The molecule has 0 radical (unpaired) electrons. The van der Waals surface area contributed by atoms with Crippen molar-refractivity contribution in [1.29, 1.82) is 0 Å². The summed E-state index contributed by atoms with van der Waals surface area (Å²) in [6.45, 7) is 2.15. The summed E-state index contributed by atoms with van der Waals surface area (Å²) in [6, 6.07) is 12.4. The normalized spacial score (nSPS) is 15.2. The van der Waals surface area contributed by atoms with Gasteiger partial charge >= 0.3 is 18.3 Å². The van der Waals surface area contributed by atoms with Gasteiger partial charge in [0.2, 0.25) is 11.8 Å². The van der Waals surface area contributed by atoms with E-state index in [1.165, 1.54) is 29.2 Å². The molecule has 0 spiro atoms. The Kier molecular flexibility index (Phi) is 9.74. The van der Waals surface area contributed by atoms with Crippen LogP contribution in [-0.2, 0) is 22.2 Å². The van der Waals surface area contributed by atoms with E-state index in [0.29, 0.717) is 17.9 Å². The molecule has 2 aromatic carbocycles. The first-order chi connectivity index (χ1) is 21.5. The minimum absolute atomic E-state index is 0.0189. The number of carboxylic acid groups (broad SMARTS) is 1. The lowest BCUT2D eigenvalue weighted by atomic mass is 10.0. The second-order valence-corrected chi connectivity index (χ2v) is 10.5. The van der Waals surface area contributed by atoms with Crippen LogP contribution < -0.4 is 15.5 Å². The molecular formula is C29H28F6N6O5. The predicted octanol–water partition coefficient (Wildman–Crippen LogP) is 3.88. The Labute approximate surface area is 257 Å².